The quantitative estimate of drug-likeness (QED) is 0.472. The first kappa shape index (κ1) is 27.0. The van der Waals surface area contributed by atoms with Gasteiger partial charge in [0.2, 0.25) is 11.8 Å². The maximum absolute atomic E-state index is 14.3. The van der Waals surface area contributed by atoms with Crippen LogP contribution < -0.4 is 5.32 Å². The molecule has 3 saturated heterocycles. The molecule has 3 heterocycles. The Hall–Kier alpha value is -2.55. The molecule has 2 N–H and O–H groups in total. The summed E-state index contributed by atoms with van der Waals surface area (Å²) >= 11 is 8.02. The van der Waals surface area contributed by atoms with Crippen molar-refractivity contribution in [2.45, 2.75) is 61.6 Å². The van der Waals surface area contributed by atoms with E-state index in [1.165, 1.54) is 0 Å². The van der Waals surface area contributed by atoms with Crippen molar-refractivity contribution in [1.82, 2.24) is 4.90 Å². The lowest BCUT2D eigenvalue weighted by Crippen LogP contribution is -2.55. The summed E-state index contributed by atoms with van der Waals surface area (Å²) in [7, 11) is 0. The Kier molecular flexibility index (Phi) is 7.26. The number of carbonyl (C=O) groups is 3. The Bertz CT molecular complexity index is 1240. The molecule has 3 aliphatic heterocycles. The van der Waals surface area contributed by atoms with Crippen molar-refractivity contribution in [3.63, 3.8) is 0 Å². The van der Waals surface area contributed by atoms with Gasteiger partial charge in [-0.25, -0.2) is 0 Å². The number of carbonyl (C=O) groups excluding carboxylic acids is 3. The number of amides is 2. The summed E-state index contributed by atoms with van der Waals surface area (Å²) in [6.45, 7) is 5.52. The molecule has 2 unspecified atom stereocenters. The molecule has 0 radical (unpaired) electrons. The molecular formula is C29H33ClN2O5S. The maximum atomic E-state index is 14.3. The number of anilines is 1. The Morgan fingerprint density at radius 3 is 2.61 bits per heavy atom. The number of aliphatic hydroxyl groups is 1. The Morgan fingerprint density at radius 2 is 1.95 bits per heavy atom. The summed E-state index contributed by atoms with van der Waals surface area (Å²) < 4.78 is 4.13. The molecule has 2 aromatic carbocycles. The number of thioether (sulfide) groups is 1. The number of aryl methyl sites for hydroxylation is 1. The molecule has 6 atom stereocenters. The lowest BCUT2D eigenvalue weighted by molar-refractivity contribution is -0.155. The van der Waals surface area contributed by atoms with E-state index in [4.69, 9.17) is 16.3 Å². The van der Waals surface area contributed by atoms with Crippen LogP contribution in [0.4, 0.5) is 5.69 Å². The highest BCUT2D eigenvalue weighted by molar-refractivity contribution is 8.02. The topological polar surface area (TPSA) is 95.9 Å². The predicted octanol–water partition coefficient (Wildman–Crippen LogP) is 4.23. The third-order valence-corrected chi connectivity index (χ3v) is 10.7. The van der Waals surface area contributed by atoms with Crippen LogP contribution in [0.15, 0.2) is 48.5 Å². The molecule has 3 aliphatic rings. The number of nitrogens with one attached hydrogen (secondary N) is 1. The molecule has 2 bridgehead atoms. The first-order valence-electron chi connectivity index (χ1n) is 13.1. The van der Waals surface area contributed by atoms with E-state index >= 15 is 0 Å². The molecular weight excluding hydrogens is 524 g/mol. The van der Waals surface area contributed by atoms with Crippen LogP contribution >= 0.6 is 23.4 Å². The van der Waals surface area contributed by atoms with E-state index in [2.05, 4.69) is 5.32 Å². The number of rotatable bonds is 8. The average Bonchev–Trinajstić information content (AvgIpc) is 3.46. The van der Waals surface area contributed by atoms with Gasteiger partial charge in [-0.05, 0) is 57.2 Å². The molecule has 0 aliphatic carbocycles. The zero-order valence-electron chi connectivity index (χ0n) is 21.8. The maximum Gasteiger partial charge on any atom is 0.311 e. The van der Waals surface area contributed by atoms with Gasteiger partial charge in [-0.1, -0.05) is 54.1 Å². The number of aliphatic hydroxyl groups excluding tert-OH is 1. The average molecular weight is 557 g/mol. The molecule has 2 amide bonds. The summed E-state index contributed by atoms with van der Waals surface area (Å²) in [5.41, 5.74) is 2.25. The minimum Gasteiger partial charge on any atom is -0.466 e. The first-order valence-corrected chi connectivity index (χ1v) is 14.3. The number of likely N-dealkylation sites (tertiary alicyclic amines) is 1. The zero-order valence-corrected chi connectivity index (χ0v) is 23.3. The highest BCUT2D eigenvalue weighted by atomic mass is 35.5. The van der Waals surface area contributed by atoms with Crippen LogP contribution in [0, 0.1) is 18.8 Å². The normalized spacial score (nSPS) is 30.3. The Morgan fingerprint density at radius 1 is 1.21 bits per heavy atom. The van der Waals surface area contributed by atoms with Gasteiger partial charge < -0.3 is 20.1 Å². The number of hydrogen-bond donors (Lipinski definition) is 2. The van der Waals surface area contributed by atoms with Crippen LogP contribution in [-0.4, -0.2) is 62.6 Å². The van der Waals surface area contributed by atoms with Gasteiger partial charge in [-0.2, -0.15) is 0 Å². The van der Waals surface area contributed by atoms with Crippen LogP contribution in [0.25, 0.3) is 0 Å². The highest BCUT2D eigenvalue weighted by Crippen LogP contribution is 2.71. The van der Waals surface area contributed by atoms with E-state index in [1.807, 2.05) is 56.3 Å². The van der Waals surface area contributed by atoms with Crippen molar-refractivity contribution in [3.8, 4) is 0 Å². The van der Waals surface area contributed by atoms with Crippen molar-refractivity contribution in [2.24, 2.45) is 11.8 Å². The lowest BCUT2D eigenvalue weighted by atomic mass is 9.66. The summed E-state index contributed by atoms with van der Waals surface area (Å²) in [6.07, 6.45) is 1.68. The van der Waals surface area contributed by atoms with E-state index in [-0.39, 0.29) is 25.0 Å². The predicted molar refractivity (Wildman–Crippen MR) is 148 cm³/mol. The fraction of sp³-hybridized carbons (Fsp3) is 0.483. The van der Waals surface area contributed by atoms with Gasteiger partial charge in [0.25, 0.3) is 0 Å². The van der Waals surface area contributed by atoms with Crippen molar-refractivity contribution >= 4 is 46.8 Å². The second-order valence-corrected chi connectivity index (χ2v) is 13.0. The summed E-state index contributed by atoms with van der Waals surface area (Å²) in [6, 6.07) is 13.5. The molecule has 7 nitrogen and oxygen atoms in total. The van der Waals surface area contributed by atoms with Crippen molar-refractivity contribution < 1.29 is 24.2 Å². The first-order chi connectivity index (χ1) is 18.2. The van der Waals surface area contributed by atoms with Crippen LogP contribution in [0.1, 0.15) is 37.8 Å². The second kappa shape index (κ2) is 10.2. The minimum atomic E-state index is -0.886. The van der Waals surface area contributed by atoms with Gasteiger partial charge in [0.1, 0.15) is 6.04 Å². The number of fused-ring (bicyclic) bond motifs is 1. The van der Waals surface area contributed by atoms with Crippen LogP contribution in [0.5, 0.6) is 0 Å². The SMILES string of the molecule is CCOC(=O)[C@H]1[C@H]2C(=O)N([C@@H](CO)Cc3ccccc3)C(C(=O)Nc3c(C)cccc3Cl)C23CC[C@]1(C)S3. The second-order valence-electron chi connectivity index (χ2n) is 10.7. The molecule has 5 rings (SSSR count). The fourth-order valence-corrected chi connectivity index (χ4v) is 9.37. The van der Waals surface area contributed by atoms with E-state index < -0.39 is 39.4 Å². The van der Waals surface area contributed by atoms with E-state index in [0.717, 1.165) is 11.1 Å². The summed E-state index contributed by atoms with van der Waals surface area (Å²) in [5, 5.41) is 14.0. The molecule has 9 heteroatoms. The zero-order chi connectivity index (χ0) is 27.2. The van der Waals surface area contributed by atoms with Gasteiger partial charge in [0.15, 0.2) is 0 Å². The van der Waals surface area contributed by atoms with Gasteiger partial charge in [-0.3, -0.25) is 14.4 Å². The number of esters is 1. The number of nitrogens with zero attached hydrogens (tertiary/aromatic N) is 1. The van der Waals surface area contributed by atoms with Crippen molar-refractivity contribution in [3.05, 3.63) is 64.7 Å². The van der Waals surface area contributed by atoms with Crippen LogP contribution in [0.3, 0.4) is 0 Å². The van der Waals surface area contributed by atoms with Crippen LogP contribution in [-0.2, 0) is 25.5 Å². The number of hydrogen-bond acceptors (Lipinski definition) is 6. The smallest absolute Gasteiger partial charge is 0.311 e. The molecule has 0 saturated carbocycles. The Labute approximate surface area is 232 Å². The van der Waals surface area contributed by atoms with Crippen molar-refractivity contribution in [2.75, 3.05) is 18.5 Å². The van der Waals surface area contributed by atoms with Crippen LogP contribution in [0.2, 0.25) is 5.02 Å². The molecule has 2 aromatic rings. The minimum absolute atomic E-state index is 0.219. The molecule has 1 spiro atoms. The number of ether oxygens (including phenoxy) is 1. The Balaban J connectivity index is 1.59. The third-order valence-electron chi connectivity index (χ3n) is 8.39. The third kappa shape index (κ3) is 4.21. The molecule has 0 aromatic heterocycles. The van der Waals surface area contributed by atoms with E-state index in [9.17, 15) is 19.5 Å². The van der Waals surface area contributed by atoms with Gasteiger partial charge in [0, 0.05) is 4.75 Å². The number of benzene rings is 2. The largest absolute Gasteiger partial charge is 0.466 e. The summed E-state index contributed by atoms with van der Waals surface area (Å²) in [4.78, 5) is 43.3. The van der Waals surface area contributed by atoms with Crippen molar-refractivity contribution in [1.29, 1.82) is 0 Å². The number of halogens is 1. The van der Waals surface area contributed by atoms with E-state index in [0.29, 0.717) is 30.0 Å². The standard InChI is InChI=1S/C29H33ClN2O5S/c1-4-37-27(36)22-21-26(35)32(19(16-33)15-18-10-6-5-7-11-18)24(29(21)14-13-28(22,3)38-29)25(34)31-23-17(2)9-8-12-20(23)30/h5-12,19,21-22,24,33H,4,13-16H2,1-3H3,(H,31,34)/t19-,21+,22-,24?,28+,29?/m1/s1. The summed E-state index contributed by atoms with van der Waals surface area (Å²) in [5.74, 6) is -2.39. The number of para-hydroxylation sites is 1. The molecule has 3 fully saturated rings. The van der Waals surface area contributed by atoms with Gasteiger partial charge >= 0.3 is 5.97 Å². The fourth-order valence-electron chi connectivity index (χ4n) is 6.77. The van der Waals surface area contributed by atoms with E-state index in [1.54, 1.807) is 29.7 Å². The molecule has 38 heavy (non-hydrogen) atoms. The highest BCUT2D eigenvalue weighted by Gasteiger charge is 2.78. The van der Waals surface area contributed by atoms with Gasteiger partial charge in [0.05, 0.1) is 46.5 Å². The molecule has 202 valence electrons. The monoisotopic (exact) mass is 556 g/mol. The lowest BCUT2D eigenvalue weighted by Gasteiger charge is -2.37. The van der Waals surface area contributed by atoms with Gasteiger partial charge in [-0.15, -0.1) is 11.8 Å².